The molecule has 1 atom stereocenters. The van der Waals surface area contributed by atoms with Gasteiger partial charge in [0.05, 0.1) is 0 Å². The predicted octanol–water partition coefficient (Wildman–Crippen LogP) is 5.56. The molecule has 1 aromatic carbocycles. The Morgan fingerprint density at radius 2 is 1.92 bits per heavy atom. The molecule has 24 heavy (non-hydrogen) atoms. The Kier molecular flexibility index (Phi) is 8.75. The van der Waals surface area contributed by atoms with Gasteiger partial charge in [-0.15, -0.1) is 0 Å². The number of phenols is 1. The Labute approximate surface area is 147 Å². The average Bonchev–Trinajstić information content (AvgIpc) is 2.71. The van der Waals surface area contributed by atoms with Gasteiger partial charge in [-0.1, -0.05) is 41.5 Å². The summed E-state index contributed by atoms with van der Waals surface area (Å²) in [5.74, 6) is 0.632. The zero-order valence-corrected chi connectivity index (χ0v) is 16.4. The number of rotatable bonds is 5. The summed E-state index contributed by atoms with van der Waals surface area (Å²) in [6.45, 7) is 13.3. The molecule has 3 heteroatoms. The molecule has 138 valence electrons. The van der Waals surface area contributed by atoms with Crippen molar-refractivity contribution in [1.29, 1.82) is 0 Å². The summed E-state index contributed by atoms with van der Waals surface area (Å²) in [6, 6.07) is 2.14. The number of benzene rings is 1. The molecule has 0 saturated carbocycles. The highest BCUT2D eigenvalue weighted by atomic mass is 19.1. The first kappa shape index (κ1) is 21.0. The maximum absolute atomic E-state index is 14.9. The Balaban J connectivity index is 0.00000139. The molecule has 0 saturated heterocycles. The van der Waals surface area contributed by atoms with Gasteiger partial charge in [-0.25, -0.2) is 4.39 Å². The molecule has 0 bridgehead atoms. The highest BCUT2D eigenvalue weighted by molar-refractivity contribution is 5.45. The van der Waals surface area contributed by atoms with E-state index < -0.39 is 0 Å². The molecule has 0 fully saturated rings. The predicted molar refractivity (Wildman–Crippen MR) is 101 cm³/mol. The number of hydrogen-bond acceptors (Lipinski definition) is 2. The molecule has 2 nitrogen and oxygen atoms in total. The monoisotopic (exact) mass is 337 g/mol. The van der Waals surface area contributed by atoms with Crippen molar-refractivity contribution in [2.75, 3.05) is 6.54 Å². The van der Waals surface area contributed by atoms with Crippen LogP contribution in [0.2, 0.25) is 0 Å². The molecule has 0 amide bonds. The minimum absolute atomic E-state index is 0.000836. The lowest BCUT2D eigenvalue weighted by atomic mass is 9.92. The van der Waals surface area contributed by atoms with Crippen molar-refractivity contribution in [3.05, 3.63) is 28.6 Å². The topological polar surface area (TPSA) is 32.3 Å². The van der Waals surface area contributed by atoms with E-state index in [1.807, 2.05) is 27.7 Å². The van der Waals surface area contributed by atoms with Crippen molar-refractivity contribution in [3.63, 3.8) is 0 Å². The zero-order chi connectivity index (χ0) is 18.3. The van der Waals surface area contributed by atoms with Gasteiger partial charge in [0, 0.05) is 11.6 Å². The zero-order valence-electron chi connectivity index (χ0n) is 16.4. The van der Waals surface area contributed by atoms with Crippen molar-refractivity contribution >= 4 is 0 Å². The molecule has 0 heterocycles. The van der Waals surface area contributed by atoms with Gasteiger partial charge < -0.3 is 10.4 Å². The van der Waals surface area contributed by atoms with Crippen LogP contribution in [0.5, 0.6) is 5.75 Å². The fourth-order valence-electron chi connectivity index (χ4n) is 3.38. The summed E-state index contributed by atoms with van der Waals surface area (Å²) in [5.41, 5.74) is 2.29. The largest absolute Gasteiger partial charge is 0.508 e. The Morgan fingerprint density at radius 1 is 1.25 bits per heavy atom. The normalized spacial score (nSPS) is 17.3. The third-order valence-electron chi connectivity index (χ3n) is 4.66. The summed E-state index contributed by atoms with van der Waals surface area (Å²) in [5, 5.41) is 13.7. The van der Waals surface area contributed by atoms with E-state index in [4.69, 9.17) is 0 Å². The molecule has 0 spiro atoms. The van der Waals surface area contributed by atoms with Gasteiger partial charge in [0.25, 0.3) is 0 Å². The van der Waals surface area contributed by atoms with Gasteiger partial charge in [-0.3, -0.25) is 0 Å². The number of hydrogen-bond donors (Lipinski definition) is 2. The Morgan fingerprint density at radius 3 is 2.50 bits per heavy atom. The van der Waals surface area contributed by atoms with Crippen LogP contribution in [0.25, 0.3) is 0 Å². The first-order valence-electron chi connectivity index (χ1n) is 9.66. The fraction of sp³-hybridized carbons (Fsp3) is 0.714. The quantitative estimate of drug-likeness (QED) is 0.689. The molecule has 2 rings (SSSR count). The third-order valence-corrected chi connectivity index (χ3v) is 4.66. The number of nitrogens with one attached hydrogen (secondary N) is 1. The number of aryl methyl sites for hydroxylation is 1. The highest BCUT2D eigenvalue weighted by Crippen LogP contribution is 2.35. The van der Waals surface area contributed by atoms with Gasteiger partial charge in [-0.2, -0.15) is 0 Å². The molecule has 0 aromatic heterocycles. The van der Waals surface area contributed by atoms with Crippen molar-refractivity contribution in [1.82, 2.24) is 5.32 Å². The third kappa shape index (κ3) is 5.47. The van der Waals surface area contributed by atoms with Gasteiger partial charge in [0.1, 0.15) is 11.6 Å². The van der Waals surface area contributed by atoms with Crippen molar-refractivity contribution < 1.29 is 9.50 Å². The number of fused-ring (bicyclic) bond motifs is 1. The second kappa shape index (κ2) is 10.0. The van der Waals surface area contributed by atoms with Gasteiger partial charge in [-0.05, 0) is 67.7 Å². The van der Waals surface area contributed by atoms with Crippen LogP contribution in [-0.4, -0.2) is 17.7 Å². The lowest BCUT2D eigenvalue weighted by Crippen LogP contribution is -2.32. The lowest BCUT2D eigenvalue weighted by molar-refractivity contribution is 0.435. The van der Waals surface area contributed by atoms with Crippen LogP contribution in [0, 0.1) is 11.7 Å². The van der Waals surface area contributed by atoms with E-state index in [1.54, 1.807) is 6.07 Å². The summed E-state index contributed by atoms with van der Waals surface area (Å²) < 4.78 is 14.9. The van der Waals surface area contributed by atoms with Crippen LogP contribution in [-0.2, 0) is 12.8 Å². The van der Waals surface area contributed by atoms with Crippen LogP contribution in [0.1, 0.15) is 83.4 Å². The van der Waals surface area contributed by atoms with E-state index in [9.17, 15) is 9.50 Å². The maximum atomic E-state index is 14.9. The van der Waals surface area contributed by atoms with Crippen LogP contribution in [0.4, 0.5) is 4.39 Å². The molecule has 1 aliphatic rings. The summed E-state index contributed by atoms with van der Waals surface area (Å²) in [7, 11) is 0. The van der Waals surface area contributed by atoms with E-state index in [0.29, 0.717) is 17.5 Å². The van der Waals surface area contributed by atoms with E-state index >= 15 is 0 Å². The fourth-order valence-corrected chi connectivity index (χ4v) is 3.38. The highest BCUT2D eigenvalue weighted by Gasteiger charge is 2.24. The first-order valence-corrected chi connectivity index (χ1v) is 9.66. The van der Waals surface area contributed by atoms with Crippen LogP contribution in [0.3, 0.4) is 0 Å². The molecule has 1 unspecified atom stereocenters. The summed E-state index contributed by atoms with van der Waals surface area (Å²) in [4.78, 5) is 0. The molecule has 1 aliphatic carbocycles. The smallest absolute Gasteiger partial charge is 0.133 e. The van der Waals surface area contributed by atoms with Crippen LogP contribution >= 0.6 is 0 Å². The molecular formula is C21H36FNO. The van der Waals surface area contributed by atoms with E-state index in [1.165, 1.54) is 0 Å². The average molecular weight is 338 g/mol. The van der Waals surface area contributed by atoms with Gasteiger partial charge in [0.2, 0.25) is 0 Å². The van der Waals surface area contributed by atoms with E-state index in [2.05, 4.69) is 19.2 Å². The van der Waals surface area contributed by atoms with E-state index in [0.717, 1.165) is 49.8 Å². The van der Waals surface area contributed by atoms with Crippen LogP contribution < -0.4 is 5.32 Å². The number of phenolic OH excluding ortho intramolecular Hbond substituents is 1. The Bertz CT molecular complexity index is 511. The molecule has 1 aromatic rings. The number of halogens is 1. The minimum Gasteiger partial charge on any atom is -0.508 e. The van der Waals surface area contributed by atoms with Crippen LogP contribution in [0.15, 0.2) is 6.07 Å². The minimum atomic E-state index is -0.178. The van der Waals surface area contributed by atoms with Crippen molar-refractivity contribution in [3.8, 4) is 5.75 Å². The molecule has 0 aliphatic heterocycles. The standard InChI is InChI=1S/C19H30FNO.C2H6/c1-12(2)8-9-21-15-7-5-6-14-10-17(22)18(13(3)4)19(20)16(14)11-15;1-2/h10,12-13,15,21-22H,5-9,11H2,1-4H3;1-2H3. The second-order valence-corrected chi connectivity index (χ2v) is 7.35. The van der Waals surface area contributed by atoms with Gasteiger partial charge >= 0.3 is 0 Å². The summed E-state index contributed by atoms with van der Waals surface area (Å²) in [6.07, 6.45) is 4.87. The van der Waals surface area contributed by atoms with E-state index in [-0.39, 0.29) is 17.5 Å². The molecule has 2 N–H and O–H groups in total. The van der Waals surface area contributed by atoms with Gasteiger partial charge in [0.15, 0.2) is 0 Å². The first-order chi connectivity index (χ1) is 11.4. The Hall–Kier alpha value is -1.09. The molecular weight excluding hydrogens is 301 g/mol. The molecule has 0 radical (unpaired) electrons. The van der Waals surface area contributed by atoms with Crippen molar-refractivity contribution in [2.24, 2.45) is 5.92 Å². The summed E-state index contributed by atoms with van der Waals surface area (Å²) >= 11 is 0. The lowest BCUT2D eigenvalue weighted by Gasteiger charge is -2.20. The maximum Gasteiger partial charge on any atom is 0.133 e. The number of aromatic hydroxyl groups is 1. The SMILES string of the molecule is CC.CC(C)CCNC1CCCc2cc(O)c(C(C)C)c(F)c2C1. The van der Waals surface area contributed by atoms with Crippen molar-refractivity contribution in [2.45, 2.75) is 85.6 Å². The second-order valence-electron chi connectivity index (χ2n) is 7.35.